The highest BCUT2D eigenvalue weighted by atomic mass is 32.2. The van der Waals surface area contributed by atoms with Crippen molar-refractivity contribution in [2.75, 3.05) is 25.6 Å². The molecule has 2 atom stereocenters. The predicted octanol–water partition coefficient (Wildman–Crippen LogP) is 2.83. The van der Waals surface area contributed by atoms with Gasteiger partial charge in [0, 0.05) is 18.3 Å². The first-order valence-electron chi connectivity index (χ1n) is 6.24. The lowest BCUT2D eigenvalue weighted by molar-refractivity contribution is -0.112. The van der Waals surface area contributed by atoms with E-state index in [2.05, 4.69) is 25.1 Å². The van der Waals surface area contributed by atoms with Gasteiger partial charge in [0.05, 0.1) is 5.41 Å². The summed E-state index contributed by atoms with van der Waals surface area (Å²) in [4.78, 5) is 13.8. The Labute approximate surface area is 115 Å². The summed E-state index contributed by atoms with van der Waals surface area (Å²) in [5, 5.41) is 0. The van der Waals surface area contributed by atoms with Gasteiger partial charge in [0.25, 0.3) is 0 Å². The highest BCUT2D eigenvalue weighted by Gasteiger charge is 2.28. The molecule has 0 aliphatic rings. The van der Waals surface area contributed by atoms with Crippen LogP contribution >= 0.6 is 11.8 Å². The van der Waals surface area contributed by atoms with Crippen LogP contribution in [0.1, 0.15) is 19.4 Å². The first-order chi connectivity index (χ1) is 8.53. The molecule has 0 radical (unpaired) electrons. The molecule has 18 heavy (non-hydrogen) atoms. The first-order valence-corrected chi connectivity index (χ1v) is 7.64. The van der Waals surface area contributed by atoms with Crippen molar-refractivity contribution >= 4 is 18.0 Å². The Hall–Kier alpha value is -0.800. The summed E-state index contributed by atoms with van der Waals surface area (Å²) in [5.41, 5.74) is 0.658. The van der Waals surface area contributed by atoms with Crippen LogP contribution in [0.3, 0.4) is 0 Å². The molecule has 0 aromatic heterocycles. The third kappa shape index (κ3) is 3.85. The molecule has 1 rings (SSSR count). The van der Waals surface area contributed by atoms with E-state index in [4.69, 9.17) is 0 Å². The van der Waals surface area contributed by atoms with Crippen molar-refractivity contribution in [1.29, 1.82) is 0 Å². The normalized spacial score (nSPS) is 16.3. The van der Waals surface area contributed by atoms with Crippen molar-refractivity contribution in [2.45, 2.75) is 25.3 Å². The molecule has 100 valence electrons. The van der Waals surface area contributed by atoms with Crippen LogP contribution in [-0.4, -0.2) is 42.8 Å². The Bertz CT molecular complexity index is 368. The largest absolute Gasteiger partial charge is 0.302 e. The second kappa shape index (κ2) is 6.95. The average molecular weight is 265 g/mol. The van der Waals surface area contributed by atoms with Gasteiger partial charge in [0.1, 0.15) is 6.29 Å². The highest BCUT2D eigenvalue weighted by Crippen LogP contribution is 2.23. The van der Waals surface area contributed by atoms with Crippen molar-refractivity contribution in [3.8, 4) is 0 Å². The van der Waals surface area contributed by atoms with Gasteiger partial charge in [-0.05, 0) is 32.7 Å². The minimum atomic E-state index is -0.428. The number of aldehydes is 1. The average Bonchev–Trinajstić information content (AvgIpc) is 2.39. The zero-order valence-electron chi connectivity index (χ0n) is 11.7. The van der Waals surface area contributed by atoms with Gasteiger partial charge >= 0.3 is 0 Å². The van der Waals surface area contributed by atoms with E-state index in [0.29, 0.717) is 6.04 Å². The maximum atomic E-state index is 11.5. The van der Waals surface area contributed by atoms with Crippen molar-refractivity contribution in [1.82, 2.24) is 4.90 Å². The van der Waals surface area contributed by atoms with Crippen molar-refractivity contribution < 1.29 is 4.79 Å². The summed E-state index contributed by atoms with van der Waals surface area (Å²) < 4.78 is 0. The van der Waals surface area contributed by atoms with Crippen LogP contribution in [0.15, 0.2) is 30.3 Å². The predicted molar refractivity (Wildman–Crippen MR) is 80.3 cm³/mol. The fraction of sp³-hybridized carbons (Fsp3) is 0.533. The van der Waals surface area contributed by atoms with Gasteiger partial charge in [0.2, 0.25) is 0 Å². The Kier molecular flexibility index (Phi) is 5.89. The number of hydrogen-bond acceptors (Lipinski definition) is 3. The quantitative estimate of drug-likeness (QED) is 0.707. The van der Waals surface area contributed by atoms with E-state index in [9.17, 15) is 4.79 Å². The molecule has 0 amide bonds. The zero-order chi connectivity index (χ0) is 13.6. The summed E-state index contributed by atoms with van der Waals surface area (Å²) in [7, 11) is 2.09. The minimum absolute atomic E-state index is 0.428. The van der Waals surface area contributed by atoms with Crippen LogP contribution < -0.4 is 0 Å². The SMILES string of the molecule is CSCC(C)N(C)CC(C)(C=O)c1ccccc1. The number of benzene rings is 1. The number of thioether (sulfide) groups is 1. The molecule has 1 aromatic rings. The Morgan fingerprint density at radius 1 is 1.39 bits per heavy atom. The summed E-state index contributed by atoms with van der Waals surface area (Å²) in [6.45, 7) is 4.96. The van der Waals surface area contributed by atoms with Crippen molar-refractivity contribution in [3.05, 3.63) is 35.9 Å². The summed E-state index contributed by atoms with van der Waals surface area (Å²) >= 11 is 1.84. The molecule has 0 heterocycles. The smallest absolute Gasteiger partial charge is 0.131 e. The third-order valence-electron chi connectivity index (χ3n) is 3.43. The van der Waals surface area contributed by atoms with Gasteiger partial charge < -0.3 is 9.69 Å². The molecule has 0 aliphatic heterocycles. The fourth-order valence-corrected chi connectivity index (χ4v) is 2.79. The molecular weight excluding hydrogens is 242 g/mol. The molecular formula is C15H23NOS. The van der Waals surface area contributed by atoms with Gasteiger partial charge in [-0.2, -0.15) is 11.8 Å². The van der Waals surface area contributed by atoms with Crippen LogP contribution in [0, 0.1) is 0 Å². The van der Waals surface area contributed by atoms with Gasteiger partial charge in [-0.25, -0.2) is 0 Å². The summed E-state index contributed by atoms with van der Waals surface area (Å²) in [6.07, 6.45) is 3.19. The molecule has 0 spiro atoms. The second-order valence-corrected chi connectivity index (χ2v) is 6.03. The lowest BCUT2D eigenvalue weighted by Crippen LogP contribution is -2.43. The van der Waals surface area contributed by atoms with Crippen molar-refractivity contribution in [2.24, 2.45) is 0 Å². The molecule has 0 N–H and O–H groups in total. The number of carbonyl (C=O) groups is 1. The fourth-order valence-electron chi connectivity index (χ4n) is 2.06. The van der Waals surface area contributed by atoms with Crippen LogP contribution in [-0.2, 0) is 10.2 Å². The number of likely N-dealkylation sites (N-methyl/N-ethyl adjacent to an activating group) is 1. The van der Waals surface area contributed by atoms with E-state index in [1.807, 2.05) is 49.0 Å². The lowest BCUT2D eigenvalue weighted by Gasteiger charge is -2.33. The van der Waals surface area contributed by atoms with Gasteiger partial charge in [-0.1, -0.05) is 30.3 Å². The molecule has 0 fully saturated rings. The van der Waals surface area contributed by atoms with Gasteiger partial charge in [-0.15, -0.1) is 0 Å². The van der Waals surface area contributed by atoms with E-state index in [1.54, 1.807) is 0 Å². The van der Waals surface area contributed by atoms with Crippen LogP contribution in [0.2, 0.25) is 0 Å². The van der Waals surface area contributed by atoms with E-state index >= 15 is 0 Å². The van der Waals surface area contributed by atoms with Gasteiger partial charge in [0.15, 0.2) is 0 Å². The van der Waals surface area contributed by atoms with E-state index in [-0.39, 0.29) is 0 Å². The van der Waals surface area contributed by atoms with Crippen LogP contribution in [0.5, 0.6) is 0 Å². The summed E-state index contributed by atoms with van der Waals surface area (Å²) in [5.74, 6) is 1.08. The molecule has 0 saturated carbocycles. The Morgan fingerprint density at radius 2 is 2.00 bits per heavy atom. The maximum Gasteiger partial charge on any atom is 0.131 e. The molecule has 0 bridgehead atoms. The van der Waals surface area contributed by atoms with E-state index < -0.39 is 5.41 Å². The minimum Gasteiger partial charge on any atom is -0.302 e. The molecule has 0 saturated heterocycles. The first kappa shape index (κ1) is 15.3. The topological polar surface area (TPSA) is 20.3 Å². The van der Waals surface area contributed by atoms with Gasteiger partial charge in [-0.3, -0.25) is 0 Å². The van der Waals surface area contributed by atoms with E-state index in [0.717, 1.165) is 24.1 Å². The number of rotatable bonds is 7. The number of nitrogens with zero attached hydrogens (tertiary/aromatic N) is 1. The zero-order valence-corrected chi connectivity index (χ0v) is 12.5. The molecule has 1 aromatic carbocycles. The van der Waals surface area contributed by atoms with E-state index in [1.165, 1.54) is 0 Å². The Balaban J connectivity index is 2.80. The van der Waals surface area contributed by atoms with Crippen molar-refractivity contribution in [3.63, 3.8) is 0 Å². The standard InChI is InChI=1S/C15H23NOS/c1-13(10-18-4)16(3)11-15(2,12-17)14-8-6-5-7-9-14/h5-9,12-13H,10-11H2,1-4H3. The lowest BCUT2D eigenvalue weighted by atomic mass is 9.83. The molecule has 2 unspecified atom stereocenters. The van der Waals surface area contributed by atoms with Crippen LogP contribution in [0.4, 0.5) is 0 Å². The monoisotopic (exact) mass is 265 g/mol. The Morgan fingerprint density at radius 3 is 2.50 bits per heavy atom. The highest BCUT2D eigenvalue weighted by molar-refractivity contribution is 7.98. The maximum absolute atomic E-state index is 11.5. The third-order valence-corrected chi connectivity index (χ3v) is 4.25. The second-order valence-electron chi connectivity index (χ2n) is 5.12. The molecule has 0 aliphatic carbocycles. The molecule has 2 nitrogen and oxygen atoms in total. The molecule has 3 heteroatoms. The number of carbonyl (C=O) groups excluding carboxylic acids is 1. The summed E-state index contributed by atoms with van der Waals surface area (Å²) in [6, 6.07) is 10.5. The number of hydrogen-bond donors (Lipinski definition) is 0. The van der Waals surface area contributed by atoms with Crippen LogP contribution in [0.25, 0.3) is 0 Å².